The summed E-state index contributed by atoms with van der Waals surface area (Å²) in [5.41, 5.74) is 0. The van der Waals surface area contributed by atoms with Crippen molar-refractivity contribution in [3.8, 4) is 0 Å². The first-order valence-electron chi connectivity index (χ1n) is 5.06. The Bertz CT molecular complexity index is 85.9. The molecule has 0 amide bonds. The van der Waals surface area contributed by atoms with Crippen molar-refractivity contribution in [1.29, 1.82) is 0 Å². The maximum Gasteiger partial charge on any atom is 0.102 e. The number of rotatable bonds is 8. The molecule has 0 aliphatic rings. The van der Waals surface area contributed by atoms with E-state index in [-0.39, 0.29) is 6.61 Å². The molecule has 0 heterocycles. The van der Waals surface area contributed by atoms with E-state index in [0.717, 1.165) is 12.8 Å². The molecule has 1 atom stereocenters. The topological polar surface area (TPSA) is 20.2 Å². The minimum atomic E-state index is -0.781. The van der Waals surface area contributed by atoms with E-state index in [0.29, 0.717) is 12.8 Å². The van der Waals surface area contributed by atoms with Crippen LogP contribution in [0.3, 0.4) is 0 Å². The van der Waals surface area contributed by atoms with E-state index in [9.17, 15) is 4.39 Å². The van der Waals surface area contributed by atoms with E-state index in [1.807, 2.05) is 0 Å². The lowest BCUT2D eigenvalue weighted by molar-refractivity contribution is 0.209. The van der Waals surface area contributed by atoms with Crippen LogP contribution in [0.25, 0.3) is 0 Å². The van der Waals surface area contributed by atoms with Gasteiger partial charge in [-0.1, -0.05) is 39.0 Å². The summed E-state index contributed by atoms with van der Waals surface area (Å²) in [5, 5.41) is 8.44. The van der Waals surface area contributed by atoms with Crippen molar-refractivity contribution in [2.45, 2.75) is 58.0 Å². The predicted octanol–water partition coefficient (Wildman–Crippen LogP) is 3.07. The van der Waals surface area contributed by atoms with E-state index in [1.54, 1.807) is 0 Å². The number of aliphatic hydroxyl groups is 1. The molecule has 0 rings (SSSR count). The zero-order valence-corrected chi connectivity index (χ0v) is 8.06. The lowest BCUT2D eigenvalue weighted by atomic mass is 10.1. The zero-order valence-electron chi connectivity index (χ0n) is 8.06. The number of hydrogen-bond acceptors (Lipinski definition) is 1. The average molecular weight is 176 g/mol. The van der Waals surface area contributed by atoms with Gasteiger partial charge in [-0.3, -0.25) is 0 Å². The zero-order chi connectivity index (χ0) is 9.23. The third-order valence-corrected chi connectivity index (χ3v) is 2.06. The molecule has 0 bridgehead atoms. The van der Waals surface area contributed by atoms with Gasteiger partial charge in [-0.2, -0.15) is 0 Å². The van der Waals surface area contributed by atoms with Crippen molar-refractivity contribution in [1.82, 2.24) is 0 Å². The van der Waals surface area contributed by atoms with Crippen LogP contribution in [-0.4, -0.2) is 17.9 Å². The monoisotopic (exact) mass is 176 g/mol. The van der Waals surface area contributed by atoms with Crippen LogP contribution in [-0.2, 0) is 0 Å². The molecule has 0 saturated carbocycles. The first-order chi connectivity index (χ1) is 5.81. The largest absolute Gasteiger partial charge is 0.396 e. The Morgan fingerprint density at radius 1 is 1.08 bits per heavy atom. The van der Waals surface area contributed by atoms with Gasteiger partial charge in [-0.25, -0.2) is 4.39 Å². The summed E-state index contributed by atoms with van der Waals surface area (Å²) in [6, 6.07) is 0. The van der Waals surface area contributed by atoms with Crippen molar-refractivity contribution >= 4 is 0 Å². The maximum absolute atomic E-state index is 12.8. The molecule has 0 aliphatic carbocycles. The summed E-state index contributed by atoms with van der Waals surface area (Å²) in [4.78, 5) is 0. The number of aliphatic hydroxyl groups excluding tert-OH is 1. The van der Waals surface area contributed by atoms with E-state index in [4.69, 9.17) is 5.11 Å². The van der Waals surface area contributed by atoms with Crippen LogP contribution in [0.1, 0.15) is 51.9 Å². The van der Waals surface area contributed by atoms with Crippen LogP contribution in [0.5, 0.6) is 0 Å². The highest BCUT2D eigenvalue weighted by molar-refractivity contribution is 4.55. The molecule has 0 fully saturated rings. The Hall–Kier alpha value is -0.110. The summed E-state index contributed by atoms with van der Waals surface area (Å²) in [6.45, 7) is 2.15. The van der Waals surface area contributed by atoms with Crippen LogP contribution in [0.4, 0.5) is 4.39 Å². The molecule has 0 aromatic heterocycles. The van der Waals surface area contributed by atoms with Gasteiger partial charge in [0, 0.05) is 13.0 Å². The second-order valence-electron chi connectivity index (χ2n) is 3.31. The molecule has 0 saturated heterocycles. The lowest BCUT2D eigenvalue weighted by Crippen LogP contribution is -2.02. The number of alkyl halides is 1. The quantitative estimate of drug-likeness (QED) is 0.563. The number of hydrogen-bond donors (Lipinski definition) is 1. The highest BCUT2D eigenvalue weighted by Gasteiger charge is 2.03. The SMILES string of the molecule is CCCCCCCC(F)CCO. The molecular formula is C10H21FO. The van der Waals surface area contributed by atoms with Gasteiger partial charge in [-0.05, 0) is 6.42 Å². The van der Waals surface area contributed by atoms with Crippen molar-refractivity contribution in [2.75, 3.05) is 6.61 Å². The Morgan fingerprint density at radius 2 is 1.75 bits per heavy atom. The van der Waals surface area contributed by atoms with Gasteiger partial charge in [0.05, 0.1) is 0 Å². The van der Waals surface area contributed by atoms with Crippen molar-refractivity contribution in [3.05, 3.63) is 0 Å². The summed E-state index contributed by atoms with van der Waals surface area (Å²) in [6.07, 6.45) is 5.99. The fourth-order valence-corrected chi connectivity index (χ4v) is 1.25. The molecular weight excluding hydrogens is 155 g/mol. The third kappa shape index (κ3) is 7.99. The summed E-state index contributed by atoms with van der Waals surface area (Å²) in [7, 11) is 0. The fraction of sp³-hybridized carbons (Fsp3) is 1.00. The average Bonchev–Trinajstić information content (AvgIpc) is 2.05. The number of unbranched alkanes of at least 4 members (excludes halogenated alkanes) is 4. The Labute approximate surface area is 75.0 Å². The standard InChI is InChI=1S/C10H21FO/c1-2-3-4-5-6-7-10(11)8-9-12/h10,12H,2-9H2,1H3. The fourth-order valence-electron chi connectivity index (χ4n) is 1.25. The van der Waals surface area contributed by atoms with E-state index in [1.165, 1.54) is 19.3 Å². The van der Waals surface area contributed by atoms with Crippen LogP contribution in [0.2, 0.25) is 0 Å². The van der Waals surface area contributed by atoms with Gasteiger partial charge in [0.15, 0.2) is 0 Å². The number of halogens is 1. The predicted molar refractivity (Wildman–Crippen MR) is 50.0 cm³/mol. The van der Waals surface area contributed by atoms with Gasteiger partial charge in [0.1, 0.15) is 6.17 Å². The summed E-state index contributed by atoms with van der Waals surface area (Å²) >= 11 is 0. The van der Waals surface area contributed by atoms with Gasteiger partial charge >= 0.3 is 0 Å². The Balaban J connectivity index is 2.97. The first-order valence-corrected chi connectivity index (χ1v) is 5.06. The second kappa shape index (κ2) is 8.98. The molecule has 2 heteroatoms. The van der Waals surface area contributed by atoms with Gasteiger partial charge < -0.3 is 5.11 Å². The Kier molecular flexibility index (Phi) is 8.90. The molecule has 1 unspecified atom stereocenters. The molecule has 1 nitrogen and oxygen atoms in total. The van der Waals surface area contributed by atoms with Crippen molar-refractivity contribution < 1.29 is 9.50 Å². The molecule has 12 heavy (non-hydrogen) atoms. The van der Waals surface area contributed by atoms with Gasteiger partial charge in [-0.15, -0.1) is 0 Å². The Morgan fingerprint density at radius 3 is 2.33 bits per heavy atom. The smallest absolute Gasteiger partial charge is 0.102 e. The van der Waals surface area contributed by atoms with Crippen molar-refractivity contribution in [2.24, 2.45) is 0 Å². The third-order valence-electron chi connectivity index (χ3n) is 2.06. The van der Waals surface area contributed by atoms with E-state index >= 15 is 0 Å². The molecule has 0 radical (unpaired) electrons. The van der Waals surface area contributed by atoms with Crippen LogP contribution < -0.4 is 0 Å². The normalized spacial score (nSPS) is 13.2. The van der Waals surface area contributed by atoms with Crippen LogP contribution in [0, 0.1) is 0 Å². The summed E-state index contributed by atoms with van der Waals surface area (Å²) in [5.74, 6) is 0. The molecule has 0 aliphatic heterocycles. The highest BCUT2D eigenvalue weighted by Crippen LogP contribution is 2.11. The van der Waals surface area contributed by atoms with Gasteiger partial charge in [0.2, 0.25) is 0 Å². The molecule has 0 aromatic carbocycles. The highest BCUT2D eigenvalue weighted by atomic mass is 19.1. The maximum atomic E-state index is 12.8. The van der Waals surface area contributed by atoms with Crippen molar-refractivity contribution in [3.63, 3.8) is 0 Å². The first kappa shape index (κ1) is 11.9. The molecule has 0 spiro atoms. The van der Waals surface area contributed by atoms with E-state index in [2.05, 4.69) is 6.92 Å². The van der Waals surface area contributed by atoms with E-state index < -0.39 is 6.17 Å². The van der Waals surface area contributed by atoms with Gasteiger partial charge in [0.25, 0.3) is 0 Å². The molecule has 1 N–H and O–H groups in total. The lowest BCUT2D eigenvalue weighted by Gasteiger charge is -2.05. The molecule has 0 aromatic rings. The summed E-state index contributed by atoms with van der Waals surface area (Å²) < 4.78 is 12.8. The minimum absolute atomic E-state index is 0.0177. The van der Waals surface area contributed by atoms with Crippen LogP contribution >= 0.6 is 0 Å². The van der Waals surface area contributed by atoms with Crippen LogP contribution in [0.15, 0.2) is 0 Å². The minimum Gasteiger partial charge on any atom is -0.396 e. The molecule has 74 valence electrons. The second-order valence-corrected chi connectivity index (χ2v) is 3.31.